The van der Waals surface area contributed by atoms with Gasteiger partial charge in [-0.25, -0.2) is 0 Å². The molecule has 0 aliphatic heterocycles. The van der Waals surface area contributed by atoms with Crippen molar-refractivity contribution in [2.75, 3.05) is 13.2 Å². The fourth-order valence-electron chi connectivity index (χ4n) is 0.545. The van der Waals surface area contributed by atoms with Crippen molar-refractivity contribution < 1.29 is 10.2 Å². The monoisotopic (exact) mass is 168 g/mol. The van der Waals surface area contributed by atoms with Gasteiger partial charge in [0.2, 0.25) is 0 Å². The van der Waals surface area contributed by atoms with Gasteiger partial charge in [-0.1, -0.05) is 24.3 Å². The molecule has 2 N–H and O–H groups in total. The lowest BCUT2D eigenvalue weighted by Crippen LogP contribution is -1.82. The molecule has 0 heterocycles. The quantitative estimate of drug-likeness (QED) is 0.623. The summed E-state index contributed by atoms with van der Waals surface area (Å²) in [4.78, 5) is 0. The van der Waals surface area contributed by atoms with Crippen LogP contribution in [-0.2, 0) is 0 Å². The second kappa shape index (κ2) is 6.83. The summed E-state index contributed by atoms with van der Waals surface area (Å²) in [6.45, 7) is 3.89. The van der Waals surface area contributed by atoms with Crippen LogP contribution in [0.2, 0.25) is 0 Å². The fourth-order valence-corrected chi connectivity index (χ4v) is 0.545. The van der Waals surface area contributed by atoms with E-state index in [9.17, 15) is 0 Å². The summed E-state index contributed by atoms with van der Waals surface area (Å²) < 4.78 is 0. The summed E-state index contributed by atoms with van der Waals surface area (Å²) in [6, 6.07) is 0. The van der Waals surface area contributed by atoms with E-state index in [1.165, 1.54) is 0 Å². The Morgan fingerprint density at radius 2 is 1.25 bits per heavy atom. The van der Waals surface area contributed by atoms with Gasteiger partial charge in [-0.3, -0.25) is 0 Å². The Morgan fingerprint density at radius 1 is 0.917 bits per heavy atom. The summed E-state index contributed by atoms with van der Waals surface area (Å²) in [7, 11) is 0. The molecular formula is C10H16O2. The van der Waals surface area contributed by atoms with Crippen LogP contribution in [-0.4, -0.2) is 23.4 Å². The lowest BCUT2D eigenvalue weighted by Gasteiger charge is -1.89. The second-order valence-electron chi connectivity index (χ2n) is 2.73. The molecule has 0 aromatic carbocycles. The highest BCUT2D eigenvalue weighted by molar-refractivity contribution is 5.18. The van der Waals surface area contributed by atoms with Gasteiger partial charge in [-0.2, -0.15) is 0 Å². The molecule has 0 amide bonds. The number of allylic oxidation sites excluding steroid dienone is 4. The number of rotatable bonds is 4. The lowest BCUT2D eigenvalue weighted by atomic mass is 10.2. The molecule has 0 atom stereocenters. The predicted octanol–water partition coefficient (Wildman–Crippen LogP) is 1.42. The van der Waals surface area contributed by atoms with Crippen molar-refractivity contribution >= 4 is 0 Å². The molecule has 2 heteroatoms. The standard InChI is InChI=1S/C10H16O2/c1-9(7-11)5-3-4-6-10(2)8-12/h3-6,11-12H,7-8H2,1-2H3. The number of hydrogen-bond donors (Lipinski definition) is 2. The first-order valence-corrected chi connectivity index (χ1v) is 3.92. The van der Waals surface area contributed by atoms with Gasteiger partial charge in [0.05, 0.1) is 13.2 Å². The van der Waals surface area contributed by atoms with Gasteiger partial charge in [-0.05, 0) is 25.0 Å². The molecule has 0 aromatic rings. The van der Waals surface area contributed by atoms with Crippen LogP contribution in [0, 0.1) is 0 Å². The Kier molecular flexibility index (Phi) is 6.34. The third-order valence-electron chi connectivity index (χ3n) is 1.37. The average Bonchev–Trinajstić information content (AvgIpc) is 2.11. The van der Waals surface area contributed by atoms with E-state index < -0.39 is 0 Å². The molecule has 2 nitrogen and oxygen atoms in total. The van der Waals surface area contributed by atoms with Gasteiger partial charge in [0.1, 0.15) is 0 Å². The van der Waals surface area contributed by atoms with Crippen LogP contribution in [0.15, 0.2) is 35.5 Å². The van der Waals surface area contributed by atoms with Crippen LogP contribution in [0.4, 0.5) is 0 Å². The Balaban J connectivity index is 3.93. The van der Waals surface area contributed by atoms with Crippen molar-refractivity contribution in [3.8, 4) is 0 Å². The third kappa shape index (κ3) is 5.89. The van der Waals surface area contributed by atoms with Crippen LogP contribution < -0.4 is 0 Å². The largest absolute Gasteiger partial charge is 0.392 e. The average molecular weight is 168 g/mol. The first kappa shape index (κ1) is 11.1. The lowest BCUT2D eigenvalue weighted by molar-refractivity contribution is 0.331. The fraction of sp³-hybridized carbons (Fsp3) is 0.400. The summed E-state index contributed by atoms with van der Waals surface area (Å²) in [6.07, 6.45) is 7.34. The second-order valence-corrected chi connectivity index (χ2v) is 2.73. The normalized spacial score (nSPS) is 14.3. The van der Waals surface area contributed by atoms with Crippen molar-refractivity contribution in [1.29, 1.82) is 0 Å². The van der Waals surface area contributed by atoms with Gasteiger partial charge in [-0.15, -0.1) is 0 Å². The van der Waals surface area contributed by atoms with Crippen molar-refractivity contribution in [2.24, 2.45) is 0 Å². The molecule has 0 saturated carbocycles. The molecule has 0 rings (SSSR count). The van der Waals surface area contributed by atoms with Crippen LogP contribution in [0.5, 0.6) is 0 Å². The minimum absolute atomic E-state index is 0.0903. The Bertz CT molecular complexity index is 178. The van der Waals surface area contributed by atoms with Crippen molar-refractivity contribution in [3.05, 3.63) is 35.5 Å². The summed E-state index contributed by atoms with van der Waals surface area (Å²) in [5, 5.41) is 17.3. The van der Waals surface area contributed by atoms with Gasteiger partial charge < -0.3 is 10.2 Å². The van der Waals surface area contributed by atoms with Crippen LogP contribution in [0.1, 0.15) is 13.8 Å². The zero-order chi connectivity index (χ0) is 9.40. The summed E-state index contributed by atoms with van der Waals surface area (Å²) in [5.41, 5.74) is 1.84. The van der Waals surface area contributed by atoms with E-state index in [1.54, 1.807) is 0 Å². The van der Waals surface area contributed by atoms with Gasteiger partial charge in [0.25, 0.3) is 0 Å². The summed E-state index contributed by atoms with van der Waals surface area (Å²) >= 11 is 0. The molecule has 0 spiro atoms. The van der Waals surface area contributed by atoms with E-state index in [2.05, 4.69) is 0 Å². The highest BCUT2D eigenvalue weighted by Gasteiger charge is 1.80. The van der Waals surface area contributed by atoms with Crippen molar-refractivity contribution in [1.82, 2.24) is 0 Å². The molecular weight excluding hydrogens is 152 g/mol. The maximum absolute atomic E-state index is 8.63. The molecule has 0 fully saturated rings. The molecule has 68 valence electrons. The van der Waals surface area contributed by atoms with Gasteiger partial charge in [0, 0.05) is 0 Å². The highest BCUT2D eigenvalue weighted by atomic mass is 16.3. The number of hydrogen-bond acceptors (Lipinski definition) is 2. The van der Waals surface area contributed by atoms with Gasteiger partial charge >= 0.3 is 0 Å². The predicted molar refractivity (Wildman–Crippen MR) is 50.8 cm³/mol. The number of aliphatic hydroxyl groups is 2. The van der Waals surface area contributed by atoms with Crippen molar-refractivity contribution in [2.45, 2.75) is 13.8 Å². The SMILES string of the molecule is CC(=CC=CC=C(C)CO)CO. The number of aliphatic hydroxyl groups excluding tert-OH is 2. The summed E-state index contributed by atoms with van der Waals surface area (Å²) in [5.74, 6) is 0. The maximum atomic E-state index is 8.63. The first-order chi connectivity index (χ1) is 5.70. The molecule has 0 saturated heterocycles. The van der Waals surface area contributed by atoms with E-state index in [1.807, 2.05) is 38.2 Å². The Hall–Kier alpha value is -0.860. The molecule has 0 bridgehead atoms. The highest BCUT2D eigenvalue weighted by Crippen LogP contribution is 1.93. The van der Waals surface area contributed by atoms with E-state index in [-0.39, 0.29) is 13.2 Å². The first-order valence-electron chi connectivity index (χ1n) is 3.92. The molecule has 0 radical (unpaired) electrons. The Morgan fingerprint density at radius 3 is 1.50 bits per heavy atom. The zero-order valence-corrected chi connectivity index (χ0v) is 7.62. The molecule has 0 aliphatic carbocycles. The Labute approximate surface area is 73.5 Å². The van der Waals surface area contributed by atoms with E-state index >= 15 is 0 Å². The third-order valence-corrected chi connectivity index (χ3v) is 1.37. The molecule has 0 aromatic heterocycles. The minimum atomic E-state index is 0.0903. The van der Waals surface area contributed by atoms with Crippen LogP contribution >= 0.6 is 0 Å². The minimum Gasteiger partial charge on any atom is -0.392 e. The maximum Gasteiger partial charge on any atom is 0.0642 e. The van der Waals surface area contributed by atoms with E-state index in [0.29, 0.717) is 0 Å². The van der Waals surface area contributed by atoms with Crippen LogP contribution in [0.25, 0.3) is 0 Å². The van der Waals surface area contributed by atoms with E-state index in [4.69, 9.17) is 10.2 Å². The van der Waals surface area contributed by atoms with Gasteiger partial charge in [0.15, 0.2) is 0 Å². The zero-order valence-electron chi connectivity index (χ0n) is 7.62. The molecule has 12 heavy (non-hydrogen) atoms. The topological polar surface area (TPSA) is 40.5 Å². The molecule has 0 aliphatic rings. The van der Waals surface area contributed by atoms with Crippen molar-refractivity contribution in [3.63, 3.8) is 0 Å². The van der Waals surface area contributed by atoms with E-state index in [0.717, 1.165) is 11.1 Å². The van der Waals surface area contributed by atoms with Crippen LogP contribution in [0.3, 0.4) is 0 Å². The smallest absolute Gasteiger partial charge is 0.0642 e. The molecule has 0 unspecified atom stereocenters.